The average molecular weight is 380 g/mol. The molecule has 144 valence electrons. The molecule has 28 heavy (non-hydrogen) atoms. The predicted molar refractivity (Wildman–Crippen MR) is 105 cm³/mol. The third-order valence-corrected chi connectivity index (χ3v) is 5.09. The molecular weight excluding hydrogens is 359 g/mol. The van der Waals surface area contributed by atoms with Crippen LogP contribution in [0, 0.1) is 11.7 Å². The van der Waals surface area contributed by atoms with E-state index in [4.69, 9.17) is 0 Å². The summed E-state index contributed by atoms with van der Waals surface area (Å²) in [5.41, 5.74) is 8.97. The highest BCUT2D eigenvalue weighted by Gasteiger charge is 2.29. The number of fused-ring (bicyclic) bond motifs is 1. The van der Waals surface area contributed by atoms with Crippen LogP contribution < -0.4 is 21.5 Å². The summed E-state index contributed by atoms with van der Waals surface area (Å²) in [4.78, 5) is 8.78. The topological polar surface area (TPSA) is 103 Å². The second kappa shape index (κ2) is 6.75. The quantitative estimate of drug-likeness (QED) is 0.448. The Labute approximate surface area is 161 Å². The van der Waals surface area contributed by atoms with Crippen molar-refractivity contribution in [1.29, 1.82) is 0 Å². The summed E-state index contributed by atoms with van der Waals surface area (Å²) in [6.45, 7) is 1.88. The Morgan fingerprint density at radius 3 is 3.00 bits per heavy atom. The fourth-order valence-electron chi connectivity index (χ4n) is 3.52. The minimum Gasteiger partial charge on any atom is -0.350 e. The summed E-state index contributed by atoms with van der Waals surface area (Å²) < 4.78 is 14.5. The number of H-pyrrole nitrogens is 1. The SMILES string of the molecule is CC(Nc1nccc(NC2C=C(C3CC3)NN2)n1)c1c(F)ccc2[nH]ncc12. The maximum Gasteiger partial charge on any atom is 0.225 e. The van der Waals surface area contributed by atoms with E-state index in [9.17, 15) is 4.39 Å². The van der Waals surface area contributed by atoms with Crippen LogP contribution >= 0.6 is 0 Å². The van der Waals surface area contributed by atoms with Crippen molar-refractivity contribution in [3.05, 3.63) is 53.7 Å². The molecule has 2 unspecified atom stereocenters. The van der Waals surface area contributed by atoms with Crippen LogP contribution in [0.5, 0.6) is 0 Å². The molecule has 1 aromatic carbocycles. The van der Waals surface area contributed by atoms with Gasteiger partial charge in [0.2, 0.25) is 5.95 Å². The first-order valence-electron chi connectivity index (χ1n) is 9.38. The van der Waals surface area contributed by atoms with E-state index >= 15 is 0 Å². The Morgan fingerprint density at radius 1 is 1.25 bits per heavy atom. The van der Waals surface area contributed by atoms with E-state index in [-0.39, 0.29) is 18.0 Å². The van der Waals surface area contributed by atoms with Crippen LogP contribution in [0.4, 0.5) is 16.2 Å². The number of nitrogens with zero attached hydrogens (tertiary/aromatic N) is 3. The van der Waals surface area contributed by atoms with E-state index in [1.165, 1.54) is 24.6 Å². The maximum atomic E-state index is 14.5. The summed E-state index contributed by atoms with van der Waals surface area (Å²) in [5.74, 6) is 1.47. The summed E-state index contributed by atoms with van der Waals surface area (Å²) in [6.07, 6.45) is 7.90. The third-order valence-electron chi connectivity index (χ3n) is 5.09. The number of allylic oxidation sites excluding steroid dienone is 1. The first kappa shape index (κ1) is 16.9. The molecule has 1 aliphatic carbocycles. The molecule has 0 amide bonds. The smallest absolute Gasteiger partial charge is 0.225 e. The summed E-state index contributed by atoms with van der Waals surface area (Å²) >= 11 is 0. The summed E-state index contributed by atoms with van der Waals surface area (Å²) in [7, 11) is 0. The zero-order chi connectivity index (χ0) is 19.1. The van der Waals surface area contributed by atoms with Gasteiger partial charge in [-0.1, -0.05) is 0 Å². The Balaban J connectivity index is 1.32. The van der Waals surface area contributed by atoms with Crippen molar-refractivity contribution in [1.82, 2.24) is 31.0 Å². The zero-order valence-corrected chi connectivity index (χ0v) is 15.3. The zero-order valence-electron chi connectivity index (χ0n) is 15.3. The molecule has 5 N–H and O–H groups in total. The number of nitrogens with one attached hydrogen (secondary N) is 5. The monoisotopic (exact) mass is 380 g/mol. The molecule has 3 heterocycles. The summed E-state index contributed by atoms with van der Waals surface area (Å²) in [5, 5.41) is 14.1. The van der Waals surface area contributed by atoms with Crippen LogP contribution in [0.15, 0.2) is 42.4 Å². The van der Waals surface area contributed by atoms with Crippen molar-refractivity contribution < 1.29 is 4.39 Å². The number of aromatic nitrogens is 4. The van der Waals surface area contributed by atoms with Crippen LogP contribution in [-0.2, 0) is 0 Å². The molecule has 2 aromatic heterocycles. The molecule has 1 aliphatic heterocycles. The van der Waals surface area contributed by atoms with E-state index in [1.807, 2.05) is 6.92 Å². The van der Waals surface area contributed by atoms with E-state index in [2.05, 4.69) is 47.7 Å². The van der Waals surface area contributed by atoms with Gasteiger partial charge in [-0.3, -0.25) is 5.10 Å². The van der Waals surface area contributed by atoms with Gasteiger partial charge in [-0.05, 0) is 50.0 Å². The Bertz CT molecular complexity index is 1040. The fourth-order valence-corrected chi connectivity index (χ4v) is 3.52. The molecule has 0 radical (unpaired) electrons. The second-order valence-electron chi connectivity index (χ2n) is 7.21. The van der Waals surface area contributed by atoms with Crippen molar-refractivity contribution in [2.75, 3.05) is 10.6 Å². The van der Waals surface area contributed by atoms with Crippen LogP contribution in [0.1, 0.15) is 31.4 Å². The average Bonchev–Trinajstić information content (AvgIpc) is 3.24. The molecule has 2 aliphatic rings. The number of benzene rings is 1. The van der Waals surface area contributed by atoms with Crippen LogP contribution in [0.3, 0.4) is 0 Å². The van der Waals surface area contributed by atoms with Gasteiger partial charge in [0.15, 0.2) is 0 Å². The lowest BCUT2D eigenvalue weighted by molar-refractivity contribution is 0.599. The number of hydrazine groups is 1. The van der Waals surface area contributed by atoms with Gasteiger partial charge >= 0.3 is 0 Å². The van der Waals surface area contributed by atoms with E-state index in [0.29, 0.717) is 23.2 Å². The Kier molecular flexibility index (Phi) is 4.09. The number of hydrogen-bond donors (Lipinski definition) is 5. The predicted octanol–water partition coefficient (Wildman–Crippen LogP) is 2.80. The van der Waals surface area contributed by atoms with Gasteiger partial charge in [0, 0.05) is 22.8 Å². The minimum absolute atomic E-state index is 0.0344. The van der Waals surface area contributed by atoms with Crippen molar-refractivity contribution in [3.63, 3.8) is 0 Å². The first-order valence-corrected chi connectivity index (χ1v) is 9.38. The van der Waals surface area contributed by atoms with Gasteiger partial charge in [-0.2, -0.15) is 10.1 Å². The Hall–Kier alpha value is -3.20. The first-order chi connectivity index (χ1) is 13.7. The number of anilines is 2. The lowest BCUT2D eigenvalue weighted by atomic mass is 10.0. The highest BCUT2D eigenvalue weighted by molar-refractivity contribution is 5.82. The number of halogens is 1. The minimum atomic E-state index is -0.329. The summed E-state index contributed by atoms with van der Waals surface area (Å²) in [6, 6.07) is 4.60. The molecule has 8 nitrogen and oxygen atoms in total. The van der Waals surface area contributed by atoms with Gasteiger partial charge in [0.1, 0.15) is 17.8 Å². The van der Waals surface area contributed by atoms with Gasteiger partial charge in [-0.15, -0.1) is 0 Å². The normalized spacial score (nSPS) is 19.9. The Morgan fingerprint density at radius 2 is 2.14 bits per heavy atom. The molecule has 3 aromatic rings. The van der Waals surface area contributed by atoms with Crippen LogP contribution in [0.25, 0.3) is 10.9 Å². The standard InChI is InChI=1S/C19H21FN8/c1-10(18-12-9-22-26-14(12)5-4-13(18)20)23-19-21-7-6-16(25-19)24-17-8-15(27-28-17)11-2-3-11/h4-11,17,27-28H,2-3H2,1H3,(H,22,26)(H2,21,23,24,25). The number of aromatic amines is 1. The molecular formula is C19H21FN8. The van der Waals surface area contributed by atoms with Crippen LogP contribution in [-0.4, -0.2) is 26.3 Å². The van der Waals surface area contributed by atoms with E-state index in [1.54, 1.807) is 24.5 Å². The van der Waals surface area contributed by atoms with Gasteiger partial charge in [0.05, 0.1) is 17.8 Å². The lowest BCUT2D eigenvalue weighted by Crippen LogP contribution is -2.37. The largest absolute Gasteiger partial charge is 0.350 e. The molecule has 5 rings (SSSR count). The van der Waals surface area contributed by atoms with E-state index in [0.717, 1.165) is 10.9 Å². The maximum absolute atomic E-state index is 14.5. The highest BCUT2D eigenvalue weighted by Crippen LogP contribution is 2.36. The van der Waals surface area contributed by atoms with Crippen molar-refractivity contribution >= 4 is 22.7 Å². The van der Waals surface area contributed by atoms with E-state index < -0.39 is 0 Å². The van der Waals surface area contributed by atoms with Gasteiger partial charge in [0.25, 0.3) is 0 Å². The molecule has 0 spiro atoms. The van der Waals surface area contributed by atoms with Crippen LogP contribution in [0.2, 0.25) is 0 Å². The highest BCUT2D eigenvalue weighted by atomic mass is 19.1. The molecule has 1 saturated carbocycles. The van der Waals surface area contributed by atoms with Gasteiger partial charge < -0.3 is 16.1 Å². The molecule has 0 bridgehead atoms. The van der Waals surface area contributed by atoms with Gasteiger partial charge in [-0.25, -0.2) is 14.8 Å². The number of rotatable bonds is 6. The third kappa shape index (κ3) is 3.24. The number of hydrogen-bond acceptors (Lipinski definition) is 7. The van der Waals surface area contributed by atoms with Crippen molar-refractivity contribution in [2.45, 2.75) is 32.0 Å². The molecule has 0 saturated heterocycles. The molecule has 2 atom stereocenters. The lowest BCUT2D eigenvalue weighted by Gasteiger charge is -2.17. The fraction of sp³-hybridized carbons (Fsp3) is 0.316. The van der Waals surface area contributed by atoms with Crippen molar-refractivity contribution in [3.8, 4) is 0 Å². The second-order valence-corrected chi connectivity index (χ2v) is 7.21. The molecule has 1 fully saturated rings. The molecule has 9 heteroatoms. The van der Waals surface area contributed by atoms with Crippen molar-refractivity contribution in [2.24, 2.45) is 5.92 Å².